The fourth-order valence-corrected chi connectivity index (χ4v) is 10.2. The fraction of sp³-hybridized carbons (Fsp3) is 0.909. The highest BCUT2D eigenvalue weighted by Crippen LogP contribution is 2.18. The number of unbranched alkanes of at least 4 members (excludes halogenated alkanes) is 46. The molecule has 6 heteroatoms. The van der Waals surface area contributed by atoms with Crippen LogP contribution in [0.1, 0.15) is 361 Å². The van der Waals surface area contributed by atoms with Crippen LogP contribution in [-0.2, 0) is 14.3 Å². The molecule has 2 unspecified atom stereocenters. The van der Waals surface area contributed by atoms with E-state index in [0.717, 1.165) is 51.4 Å². The van der Waals surface area contributed by atoms with Crippen LogP contribution in [0.2, 0.25) is 0 Å². The molecule has 1 amide bonds. The molecule has 0 heterocycles. The number of aliphatic hydroxyl groups excluding tert-OH is 2. The third-order valence-corrected chi connectivity index (χ3v) is 15.3. The van der Waals surface area contributed by atoms with Gasteiger partial charge in [0.25, 0.3) is 0 Å². The molecule has 0 saturated carbocycles. The molecule has 0 spiro atoms. The Morgan fingerprint density at radius 1 is 0.389 bits per heavy atom. The molecule has 0 aliphatic carbocycles. The summed E-state index contributed by atoms with van der Waals surface area (Å²) < 4.78 is 5.48. The number of ether oxygens (including phenoxy) is 1. The number of nitrogens with one attached hydrogen (secondary N) is 1. The van der Waals surface area contributed by atoms with Crippen LogP contribution in [0.5, 0.6) is 0 Å². The molecule has 3 N–H and O–H groups in total. The van der Waals surface area contributed by atoms with E-state index in [9.17, 15) is 19.8 Å². The van der Waals surface area contributed by atoms with Crippen molar-refractivity contribution in [1.29, 1.82) is 0 Å². The van der Waals surface area contributed by atoms with Crippen molar-refractivity contribution in [1.82, 2.24) is 5.32 Å². The molecule has 6 nitrogen and oxygen atoms in total. The smallest absolute Gasteiger partial charge is 0.305 e. The molecule has 0 aromatic carbocycles. The van der Waals surface area contributed by atoms with Crippen molar-refractivity contribution in [2.75, 3.05) is 13.2 Å². The molecule has 0 aromatic heterocycles. The Balaban J connectivity index is 3.37. The van der Waals surface area contributed by atoms with Crippen molar-refractivity contribution in [2.24, 2.45) is 0 Å². The maximum Gasteiger partial charge on any atom is 0.305 e. The van der Waals surface area contributed by atoms with E-state index < -0.39 is 12.1 Å². The second kappa shape index (κ2) is 61.9. The van der Waals surface area contributed by atoms with Crippen LogP contribution < -0.4 is 5.32 Å². The van der Waals surface area contributed by atoms with Crippen LogP contribution in [0.3, 0.4) is 0 Å². The summed E-state index contributed by atoms with van der Waals surface area (Å²) in [6.07, 6.45) is 76.3. The molecule has 0 rings (SSSR count). The van der Waals surface area contributed by atoms with E-state index in [0.29, 0.717) is 25.9 Å². The van der Waals surface area contributed by atoms with Crippen molar-refractivity contribution in [3.63, 3.8) is 0 Å². The molecular formula is C66H127NO5. The minimum atomic E-state index is -0.664. The molecule has 0 aromatic rings. The summed E-state index contributed by atoms with van der Waals surface area (Å²) in [6.45, 7) is 4.93. The number of aliphatic hydroxyl groups is 2. The number of hydrogen-bond acceptors (Lipinski definition) is 5. The third-order valence-electron chi connectivity index (χ3n) is 15.3. The lowest BCUT2D eigenvalue weighted by Gasteiger charge is -2.22. The molecule has 0 aliphatic heterocycles. The van der Waals surface area contributed by atoms with Gasteiger partial charge in [0, 0.05) is 12.8 Å². The second-order valence-corrected chi connectivity index (χ2v) is 22.5. The van der Waals surface area contributed by atoms with Gasteiger partial charge in [-0.15, -0.1) is 0 Å². The largest absolute Gasteiger partial charge is 0.466 e. The van der Waals surface area contributed by atoms with Crippen molar-refractivity contribution in [3.05, 3.63) is 24.3 Å². The molecule has 72 heavy (non-hydrogen) atoms. The lowest BCUT2D eigenvalue weighted by atomic mass is 10.0. The summed E-state index contributed by atoms with van der Waals surface area (Å²) in [5.41, 5.74) is 0. The molecule has 0 radical (unpaired) electrons. The number of rotatable bonds is 61. The Kier molecular flexibility index (Phi) is 60.5. The first kappa shape index (κ1) is 70.3. The number of allylic oxidation sites excluding steroid dienone is 4. The minimum absolute atomic E-state index is 0.00133. The molecule has 0 aliphatic rings. The molecule has 0 bridgehead atoms. The highest BCUT2D eigenvalue weighted by Gasteiger charge is 2.20. The first-order valence-electron chi connectivity index (χ1n) is 32.6. The predicted molar refractivity (Wildman–Crippen MR) is 315 cm³/mol. The van der Waals surface area contributed by atoms with Crippen LogP contribution in [-0.4, -0.2) is 47.4 Å². The predicted octanol–water partition coefficient (Wildman–Crippen LogP) is 20.6. The number of amides is 1. The Bertz CT molecular complexity index is 1120. The number of hydrogen-bond donors (Lipinski definition) is 3. The van der Waals surface area contributed by atoms with Crippen LogP contribution in [0.4, 0.5) is 0 Å². The van der Waals surface area contributed by atoms with E-state index in [2.05, 4.69) is 43.5 Å². The standard InChI is InChI=1S/C66H127NO5/c1-3-5-7-9-11-13-15-17-19-28-31-34-38-42-46-50-54-58-64(69)63(62-68)67-65(70)59-55-51-47-43-39-35-32-29-26-24-22-20-21-23-25-27-30-33-37-41-45-49-53-57-61-72-66(71)60-56-52-48-44-40-36-18-16-14-12-10-8-6-4-2/h10,12,16,18,63-64,68-69H,3-9,11,13-15,17,19-62H2,1-2H3,(H,67,70)/b12-10-,18-16-. The van der Waals surface area contributed by atoms with Crippen LogP contribution in [0.25, 0.3) is 0 Å². The average Bonchev–Trinajstić information content (AvgIpc) is 3.38. The van der Waals surface area contributed by atoms with E-state index in [1.807, 2.05) is 0 Å². The summed E-state index contributed by atoms with van der Waals surface area (Å²) in [5.74, 6) is -0.0296. The maximum atomic E-state index is 12.5. The van der Waals surface area contributed by atoms with E-state index in [4.69, 9.17) is 4.74 Å². The third kappa shape index (κ3) is 57.6. The summed E-state index contributed by atoms with van der Waals surface area (Å²) in [7, 11) is 0. The van der Waals surface area contributed by atoms with Gasteiger partial charge in [0.15, 0.2) is 0 Å². The SMILES string of the molecule is CCCC/C=C\C/C=C\CCCCCCCC(=O)OCCCCCCCCCCCCCCCCCCCCCCCCCCC(=O)NC(CO)C(O)CCCCCCCCCCCCCCCCCCC. The molecule has 0 fully saturated rings. The lowest BCUT2D eigenvalue weighted by molar-refractivity contribution is -0.143. The Morgan fingerprint density at radius 2 is 0.708 bits per heavy atom. The Hall–Kier alpha value is -1.66. The average molecular weight is 1010 g/mol. The van der Waals surface area contributed by atoms with Gasteiger partial charge in [-0.05, 0) is 51.4 Å². The zero-order valence-electron chi connectivity index (χ0n) is 48.7. The summed E-state index contributed by atoms with van der Waals surface area (Å²) in [6, 6.07) is -0.541. The van der Waals surface area contributed by atoms with Crippen LogP contribution in [0, 0.1) is 0 Å². The quantitative estimate of drug-likeness (QED) is 0.0320. The van der Waals surface area contributed by atoms with Gasteiger partial charge < -0.3 is 20.3 Å². The first-order chi connectivity index (χ1) is 35.5. The van der Waals surface area contributed by atoms with Crippen molar-refractivity contribution in [2.45, 2.75) is 373 Å². The van der Waals surface area contributed by atoms with E-state index in [1.165, 1.54) is 276 Å². The minimum Gasteiger partial charge on any atom is -0.466 e. The van der Waals surface area contributed by atoms with Crippen molar-refractivity contribution in [3.8, 4) is 0 Å². The highest BCUT2D eigenvalue weighted by atomic mass is 16.5. The van der Waals surface area contributed by atoms with Gasteiger partial charge >= 0.3 is 5.97 Å². The van der Waals surface area contributed by atoms with Gasteiger partial charge in [-0.3, -0.25) is 9.59 Å². The number of carbonyl (C=O) groups excluding carboxylic acids is 2. The summed E-state index contributed by atoms with van der Waals surface area (Å²) in [4.78, 5) is 24.6. The van der Waals surface area contributed by atoms with Crippen molar-refractivity contribution < 1.29 is 24.5 Å². The topological polar surface area (TPSA) is 95.9 Å². The van der Waals surface area contributed by atoms with Crippen LogP contribution >= 0.6 is 0 Å². The first-order valence-corrected chi connectivity index (χ1v) is 32.6. The monoisotopic (exact) mass is 1010 g/mol. The highest BCUT2D eigenvalue weighted by molar-refractivity contribution is 5.76. The van der Waals surface area contributed by atoms with Gasteiger partial charge in [0.05, 0.1) is 25.4 Å². The second-order valence-electron chi connectivity index (χ2n) is 22.5. The maximum absolute atomic E-state index is 12.5. The Morgan fingerprint density at radius 3 is 1.10 bits per heavy atom. The van der Waals surface area contributed by atoms with Crippen LogP contribution in [0.15, 0.2) is 24.3 Å². The molecular weight excluding hydrogens is 887 g/mol. The lowest BCUT2D eigenvalue weighted by Crippen LogP contribution is -2.45. The van der Waals surface area contributed by atoms with Gasteiger partial charge in [0.2, 0.25) is 5.91 Å². The molecule has 2 atom stereocenters. The van der Waals surface area contributed by atoms with Crippen molar-refractivity contribution >= 4 is 11.9 Å². The van der Waals surface area contributed by atoms with Gasteiger partial charge in [-0.2, -0.15) is 0 Å². The van der Waals surface area contributed by atoms with Gasteiger partial charge in [0.1, 0.15) is 0 Å². The molecule has 0 saturated heterocycles. The van der Waals surface area contributed by atoms with E-state index >= 15 is 0 Å². The van der Waals surface area contributed by atoms with E-state index in [-0.39, 0.29) is 18.5 Å². The Labute approximate surface area is 450 Å². The van der Waals surface area contributed by atoms with E-state index in [1.54, 1.807) is 0 Å². The molecule has 426 valence electrons. The summed E-state index contributed by atoms with van der Waals surface area (Å²) in [5, 5.41) is 23.3. The summed E-state index contributed by atoms with van der Waals surface area (Å²) >= 11 is 0. The number of carbonyl (C=O) groups is 2. The normalized spacial score (nSPS) is 12.7. The number of esters is 1. The zero-order valence-corrected chi connectivity index (χ0v) is 48.7. The zero-order chi connectivity index (χ0) is 52.2. The van der Waals surface area contributed by atoms with Gasteiger partial charge in [-0.1, -0.05) is 321 Å². The van der Waals surface area contributed by atoms with Gasteiger partial charge in [-0.25, -0.2) is 0 Å². The fourth-order valence-electron chi connectivity index (χ4n) is 10.2.